The number of ether oxygens (including phenoxy) is 1. The highest BCUT2D eigenvalue weighted by Crippen LogP contribution is 2.19. The molecule has 1 aliphatic heterocycles. The maximum atomic E-state index is 11.4. The number of carbonyl (C=O) groups is 1. The van der Waals surface area contributed by atoms with Crippen LogP contribution in [0.25, 0.3) is 0 Å². The van der Waals surface area contributed by atoms with Crippen molar-refractivity contribution in [1.29, 1.82) is 0 Å². The number of nitrogens with zero attached hydrogens (tertiary/aromatic N) is 1. The lowest BCUT2D eigenvalue weighted by atomic mass is 9.90. The van der Waals surface area contributed by atoms with Crippen LogP contribution < -0.4 is 5.32 Å². The van der Waals surface area contributed by atoms with Gasteiger partial charge in [0.15, 0.2) is 0 Å². The molecule has 0 aromatic rings. The SMILES string of the molecule is CCC(CCCN(C)C1CCOCC1)(NC)C(=O)O. The minimum atomic E-state index is -0.767. The average Bonchev–Trinajstić information content (AvgIpc) is 2.44. The fourth-order valence-electron chi connectivity index (χ4n) is 2.78. The number of carboxylic acids is 1. The molecule has 1 unspecified atom stereocenters. The van der Waals surface area contributed by atoms with E-state index in [2.05, 4.69) is 17.3 Å². The molecule has 2 N–H and O–H groups in total. The molecule has 1 fully saturated rings. The first-order valence-corrected chi connectivity index (χ1v) is 7.26. The van der Waals surface area contributed by atoms with Gasteiger partial charge in [0.25, 0.3) is 0 Å². The van der Waals surface area contributed by atoms with Crippen LogP contribution in [0.4, 0.5) is 0 Å². The Morgan fingerprint density at radius 2 is 2.11 bits per heavy atom. The standard InChI is InChI=1S/C14H28N2O3/c1-4-14(15-2,13(17)18)8-5-9-16(3)12-6-10-19-11-7-12/h12,15H,4-11H2,1-3H3,(H,17,18). The summed E-state index contributed by atoms with van der Waals surface area (Å²) in [4.78, 5) is 13.7. The Labute approximate surface area is 116 Å². The number of aliphatic carboxylic acids is 1. The lowest BCUT2D eigenvalue weighted by Crippen LogP contribution is -2.50. The van der Waals surface area contributed by atoms with Gasteiger partial charge in [0.2, 0.25) is 0 Å². The molecule has 1 atom stereocenters. The third-order valence-corrected chi connectivity index (χ3v) is 4.42. The summed E-state index contributed by atoms with van der Waals surface area (Å²) < 4.78 is 5.36. The first-order chi connectivity index (χ1) is 9.05. The summed E-state index contributed by atoms with van der Waals surface area (Å²) in [5.41, 5.74) is -0.767. The van der Waals surface area contributed by atoms with Crippen LogP contribution in [0.2, 0.25) is 0 Å². The van der Waals surface area contributed by atoms with E-state index in [0.717, 1.165) is 39.0 Å². The van der Waals surface area contributed by atoms with Gasteiger partial charge in [-0.05, 0) is 52.7 Å². The van der Waals surface area contributed by atoms with Crippen LogP contribution in [0.5, 0.6) is 0 Å². The molecule has 0 amide bonds. The van der Waals surface area contributed by atoms with Crippen LogP contribution in [0.15, 0.2) is 0 Å². The van der Waals surface area contributed by atoms with E-state index in [1.54, 1.807) is 7.05 Å². The summed E-state index contributed by atoms with van der Waals surface area (Å²) in [5.74, 6) is -0.744. The second kappa shape index (κ2) is 7.82. The van der Waals surface area contributed by atoms with Crippen LogP contribution in [0.1, 0.15) is 39.0 Å². The minimum absolute atomic E-state index is 0.587. The molecule has 1 heterocycles. The molecule has 1 rings (SSSR count). The van der Waals surface area contributed by atoms with Gasteiger partial charge in [-0.1, -0.05) is 6.92 Å². The zero-order valence-corrected chi connectivity index (χ0v) is 12.4. The second-order valence-corrected chi connectivity index (χ2v) is 5.42. The molecule has 0 radical (unpaired) electrons. The van der Waals surface area contributed by atoms with Crippen LogP contribution >= 0.6 is 0 Å². The maximum Gasteiger partial charge on any atom is 0.323 e. The van der Waals surface area contributed by atoms with Crippen molar-refractivity contribution in [2.24, 2.45) is 0 Å². The summed E-state index contributed by atoms with van der Waals surface area (Å²) in [5, 5.41) is 12.3. The van der Waals surface area contributed by atoms with Crippen molar-refractivity contribution in [3.63, 3.8) is 0 Å². The molecule has 19 heavy (non-hydrogen) atoms. The first kappa shape index (κ1) is 16.4. The number of carboxylic acid groups (broad SMARTS) is 1. The van der Waals surface area contributed by atoms with Crippen molar-refractivity contribution in [1.82, 2.24) is 10.2 Å². The predicted molar refractivity (Wildman–Crippen MR) is 75.4 cm³/mol. The van der Waals surface area contributed by atoms with Crippen molar-refractivity contribution >= 4 is 5.97 Å². The van der Waals surface area contributed by atoms with Crippen LogP contribution in [0.3, 0.4) is 0 Å². The molecule has 0 spiro atoms. The Bertz CT molecular complexity index is 274. The topological polar surface area (TPSA) is 61.8 Å². The molecule has 0 aromatic carbocycles. The van der Waals surface area contributed by atoms with Gasteiger partial charge in [-0.2, -0.15) is 0 Å². The Morgan fingerprint density at radius 1 is 1.47 bits per heavy atom. The van der Waals surface area contributed by atoms with Crippen molar-refractivity contribution < 1.29 is 14.6 Å². The van der Waals surface area contributed by atoms with E-state index in [1.807, 2.05) is 6.92 Å². The highest BCUT2D eigenvalue weighted by atomic mass is 16.5. The van der Waals surface area contributed by atoms with Crippen molar-refractivity contribution in [2.45, 2.75) is 50.6 Å². The molecule has 0 aromatic heterocycles. The number of hydrogen-bond donors (Lipinski definition) is 2. The van der Waals surface area contributed by atoms with Gasteiger partial charge < -0.3 is 20.1 Å². The molecule has 112 valence electrons. The van der Waals surface area contributed by atoms with E-state index in [4.69, 9.17) is 4.74 Å². The third kappa shape index (κ3) is 4.44. The van der Waals surface area contributed by atoms with Gasteiger partial charge in [0.1, 0.15) is 5.54 Å². The quantitative estimate of drug-likeness (QED) is 0.698. The number of rotatable bonds is 8. The van der Waals surface area contributed by atoms with Crippen LogP contribution in [0, 0.1) is 0 Å². The molecule has 0 aliphatic carbocycles. The molecule has 1 aliphatic rings. The number of hydrogen-bond acceptors (Lipinski definition) is 4. The zero-order valence-electron chi connectivity index (χ0n) is 12.4. The monoisotopic (exact) mass is 272 g/mol. The number of likely N-dealkylation sites (N-methyl/N-ethyl adjacent to an activating group) is 1. The van der Waals surface area contributed by atoms with Gasteiger partial charge in [-0.15, -0.1) is 0 Å². The molecule has 1 saturated heterocycles. The normalized spacial score (nSPS) is 20.4. The van der Waals surface area contributed by atoms with Crippen molar-refractivity contribution in [3.05, 3.63) is 0 Å². The fraction of sp³-hybridized carbons (Fsp3) is 0.929. The van der Waals surface area contributed by atoms with E-state index in [-0.39, 0.29) is 0 Å². The van der Waals surface area contributed by atoms with E-state index in [1.165, 1.54) is 0 Å². The summed E-state index contributed by atoms with van der Waals surface area (Å²) in [7, 11) is 3.86. The van der Waals surface area contributed by atoms with Crippen molar-refractivity contribution in [2.75, 3.05) is 33.9 Å². The second-order valence-electron chi connectivity index (χ2n) is 5.42. The van der Waals surface area contributed by atoms with Gasteiger partial charge in [0.05, 0.1) is 0 Å². The highest BCUT2D eigenvalue weighted by molar-refractivity contribution is 5.78. The lowest BCUT2D eigenvalue weighted by molar-refractivity contribution is -0.145. The predicted octanol–water partition coefficient (Wildman–Crippen LogP) is 1.33. The van der Waals surface area contributed by atoms with Gasteiger partial charge >= 0.3 is 5.97 Å². The van der Waals surface area contributed by atoms with Gasteiger partial charge in [0, 0.05) is 19.3 Å². The summed E-state index contributed by atoms with van der Waals surface area (Å²) >= 11 is 0. The highest BCUT2D eigenvalue weighted by Gasteiger charge is 2.34. The van der Waals surface area contributed by atoms with Crippen molar-refractivity contribution in [3.8, 4) is 0 Å². The third-order valence-electron chi connectivity index (χ3n) is 4.42. The van der Waals surface area contributed by atoms with Crippen LogP contribution in [-0.4, -0.2) is 61.4 Å². The fourth-order valence-corrected chi connectivity index (χ4v) is 2.78. The zero-order chi connectivity index (χ0) is 14.3. The molecule has 0 saturated carbocycles. The first-order valence-electron chi connectivity index (χ1n) is 7.26. The smallest absolute Gasteiger partial charge is 0.323 e. The molecular weight excluding hydrogens is 244 g/mol. The van der Waals surface area contributed by atoms with Gasteiger partial charge in [-0.3, -0.25) is 4.79 Å². The molecule has 0 bridgehead atoms. The van der Waals surface area contributed by atoms with E-state index < -0.39 is 11.5 Å². The number of nitrogens with one attached hydrogen (secondary N) is 1. The molecule has 5 nitrogen and oxygen atoms in total. The summed E-state index contributed by atoms with van der Waals surface area (Å²) in [6.07, 6.45) is 4.35. The Kier molecular flexibility index (Phi) is 6.75. The average molecular weight is 272 g/mol. The minimum Gasteiger partial charge on any atom is -0.480 e. The summed E-state index contributed by atoms with van der Waals surface area (Å²) in [6, 6.07) is 0.587. The molecular formula is C14H28N2O3. The Hall–Kier alpha value is -0.650. The summed E-state index contributed by atoms with van der Waals surface area (Å²) in [6.45, 7) is 4.56. The van der Waals surface area contributed by atoms with Crippen LogP contribution in [-0.2, 0) is 9.53 Å². The van der Waals surface area contributed by atoms with E-state index in [9.17, 15) is 9.90 Å². The largest absolute Gasteiger partial charge is 0.480 e. The van der Waals surface area contributed by atoms with E-state index >= 15 is 0 Å². The Morgan fingerprint density at radius 3 is 2.58 bits per heavy atom. The molecule has 5 heteroatoms. The Balaban J connectivity index is 2.36. The lowest BCUT2D eigenvalue weighted by Gasteiger charge is -2.33. The maximum absolute atomic E-state index is 11.4. The van der Waals surface area contributed by atoms with Gasteiger partial charge in [-0.25, -0.2) is 0 Å². The van der Waals surface area contributed by atoms with E-state index in [0.29, 0.717) is 18.9 Å².